The molecular weight excluding hydrogens is 943 g/mol. The third-order valence-electron chi connectivity index (χ3n) is 13.9. The van der Waals surface area contributed by atoms with Gasteiger partial charge in [0.25, 0.3) is 5.91 Å². The molecule has 0 aliphatic carbocycles. The quantitative estimate of drug-likeness (QED) is 0.0534. The fraction of sp³-hybridized carbons (Fsp3) is 0.357. The molecule has 16 nitrogen and oxygen atoms in total. The molecule has 3 N–H and O–H groups in total. The number of piperidine rings is 1. The van der Waals surface area contributed by atoms with E-state index < -0.39 is 17.5 Å². The molecule has 3 aliphatic heterocycles. The lowest BCUT2D eigenvalue weighted by Crippen LogP contribution is -2.39. The average molecular weight is 1000 g/mol. The molecule has 0 saturated carbocycles. The van der Waals surface area contributed by atoms with Crippen molar-refractivity contribution in [1.82, 2.24) is 30.0 Å². The first-order chi connectivity index (χ1) is 35.2. The summed E-state index contributed by atoms with van der Waals surface area (Å²) in [5, 5.41) is 14.5. The summed E-state index contributed by atoms with van der Waals surface area (Å²) < 4.78 is 15.1. The number of thiazole rings is 1. The number of nitrogens with one attached hydrogen (secondary N) is 3. The van der Waals surface area contributed by atoms with Gasteiger partial charge >= 0.3 is 5.97 Å². The van der Waals surface area contributed by atoms with E-state index in [1.54, 1.807) is 11.7 Å². The number of aryl methyl sites for hydroxylation is 1. The summed E-state index contributed by atoms with van der Waals surface area (Å²) in [6.07, 6.45) is 4.10. The molecule has 3 aromatic heterocycles. The second-order valence-corrected chi connectivity index (χ2v) is 21.2. The highest BCUT2D eigenvalue weighted by Crippen LogP contribution is 2.37. The van der Waals surface area contributed by atoms with Gasteiger partial charge in [0.1, 0.15) is 17.2 Å². The Morgan fingerprint density at radius 1 is 0.877 bits per heavy atom. The van der Waals surface area contributed by atoms with E-state index >= 15 is 0 Å². The minimum absolute atomic E-state index is 0.121. The first-order valence-corrected chi connectivity index (χ1v) is 25.8. The normalized spacial score (nSPS) is 17.1. The van der Waals surface area contributed by atoms with E-state index in [2.05, 4.69) is 41.9 Å². The van der Waals surface area contributed by atoms with Crippen molar-refractivity contribution >= 4 is 78.7 Å². The molecule has 2 fully saturated rings. The molecule has 4 aromatic carbocycles. The monoisotopic (exact) mass is 1000 g/mol. The maximum absolute atomic E-state index is 14.1. The summed E-state index contributed by atoms with van der Waals surface area (Å²) in [4.78, 5) is 79.6. The number of aromatic nitrogens is 4. The van der Waals surface area contributed by atoms with Crippen LogP contribution in [-0.2, 0) is 39.1 Å². The second kappa shape index (κ2) is 20.5. The lowest BCUT2D eigenvalue weighted by atomic mass is 9.92. The maximum Gasteiger partial charge on any atom is 0.358 e. The molecule has 1 unspecified atom stereocenters. The number of esters is 1. The van der Waals surface area contributed by atoms with Gasteiger partial charge in [-0.25, -0.2) is 14.8 Å². The number of hydrogen-bond donors (Lipinski definition) is 3. The van der Waals surface area contributed by atoms with Crippen molar-refractivity contribution in [3.05, 3.63) is 125 Å². The summed E-state index contributed by atoms with van der Waals surface area (Å²) in [5.41, 5.74) is 7.15. The molecule has 73 heavy (non-hydrogen) atoms. The van der Waals surface area contributed by atoms with E-state index in [0.29, 0.717) is 71.9 Å². The number of benzene rings is 4. The Labute approximate surface area is 427 Å². The fourth-order valence-electron chi connectivity index (χ4n) is 10.4. The molecule has 2 atom stereocenters. The third kappa shape index (κ3) is 10.7. The standard InChI is InChI=1S/C56H59N9O7S/c1-33-36(14-10-19-44(33)71-29-11-12-34-25-27-64(30-34)32-48(67)57-43-18-9-16-39-49(62-63(5)51(39)43)40-22-24-47(66)60-53(40)69)37-21-23-46(59-50(37)54(70)72-56(2,3)4)65-28-26-35-13-8-15-38(41(35)31-65)52(68)61-55-58-42-17-6-7-20-45(42)73-55/h6-10,13-21,23,34,40H,11-12,22,24-32H2,1-5H3,(H,57,67)(H,58,61,68)(H,60,66,69)/t34-,40?/m1/s1. The third-order valence-corrected chi connectivity index (χ3v) is 14.8. The van der Waals surface area contributed by atoms with Crippen molar-refractivity contribution in [3.63, 3.8) is 0 Å². The van der Waals surface area contributed by atoms with E-state index in [0.717, 1.165) is 81.5 Å². The van der Waals surface area contributed by atoms with Crippen LogP contribution in [0.5, 0.6) is 5.75 Å². The Morgan fingerprint density at radius 2 is 1.70 bits per heavy atom. The number of para-hydroxylation sites is 2. The Hall–Kier alpha value is -7.50. The number of likely N-dealkylation sites (tertiary alicyclic amines) is 1. The molecule has 0 radical (unpaired) electrons. The average Bonchev–Trinajstić information content (AvgIpc) is 4.09. The summed E-state index contributed by atoms with van der Waals surface area (Å²) in [7, 11) is 1.79. The van der Waals surface area contributed by atoms with Gasteiger partial charge in [0, 0.05) is 49.6 Å². The SMILES string of the molecule is Cc1c(OCCC[C@@H]2CCN(CC(=O)Nc3cccc4c(C5CCC(=O)NC5=O)nn(C)c34)C2)cccc1-c1ccc(N2CCc3cccc(C(=O)Nc4nc5ccccc5s4)c3C2)nc1C(=O)OC(C)(C)C. The van der Waals surface area contributed by atoms with Crippen molar-refractivity contribution in [1.29, 1.82) is 0 Å². The minimum atomic E-state index is -0.757. The highest BCUT2D eigenvalue weighted by Gasteiger charge is 2.33. The van der Waals surface area contributed by atoms with E-state index in [4.69, 9.17) is 14.5 Å². The van der Waals surface area contributed by atoms with Gasteiger partial charge in [-0.3, -0.25) is 39.4 Å². The number of hydrogen-bond acceptors (Lipinski definition) is 13. The number of carbonyl (C=O) groups is 5. The largest absolute Gasteiger partial charge is 0.493 e. The van der Waals surface area contributed by atoms with Crippen molar-refractivity contribution in [2.24, 2.45) is 13.0 Å². The number of amides is 4. The highest BCUT2D eigenvalue weighted by atomic mass is 32.1. The zero-order valence-electron chi connectivity index (χ0n) is 41.7. The molecule has 376 valence electrons. The Balaban J connectivity index is 0.767. The van der Waals surface area contributed by atoms with Gasteiger partial charge in [0.15, 0.2) is 10.8 Å². The summed E-state index contributed by atoms with van der Waals surface area (Å²) in [6.45, 7) is 11.0. The molecule has 17 heteroatoms. The molecule has 0 spiro atoms. The van der Waals surface area contributed by atoms with E-state index in [1.807, 2.05) is 113 Å². The van der Waals surface area contributed by atoms with Crippen LogP contribution in [0.3, 0.4) is 0 Å². The molecule has 3 aliphatic rings. The first kappa shape index (κ1) is 49.1. The van der Waals surface area contributed by atoms with Gasteiger partial charge in [-0.05, 0) is 137 Å². The lowest BCUT2D eigenvalue weighted by Gasteiger charge is -2.31. The number of fused-ring (bicyclic) bond motifs is 3. The van der Waals surface area contributed by atoms with Crippen LogP contribution in [0.1, 0.15) is 102 Å². The molecule has 2 saturated heterocycles. The van der Waals surface area contributed by atoms with Gasteiger partial charge in [-0.15, -0.1) is 0 Å². The van der Waals surface area contributed by atoms with Crippen LogP contribution in [0.15, 0.2) is 91.0 Å². The fourth-order valence-corrected chi connectivity index (χ4v) is 11.2. The van der Waals surface area contributed by atoms with Crippen LogP contribution < -0.4 is 25.6 Å². The summed E-state index contributed by atoms with van der Waals surface area (Å²) >= 11 is 1.44. The Kier molecular flexibility index (Phi) is 13.8. The van der Waals surface area contributed by atoms with Gasteiger partial charge in [-0.1, -0.05) is 59.9 Å². The van der Waals surface area contributed by atoms with Crippen LogP contribution in [-0.4, -0.2) is 92.6 Å². The van der Waals surface area contributed by atoms with Crippen molar-refractivity contribution in [2.45, 2.75) is 84.3 Å². The highest BCUT2D eigenvalue weighted by molar-refractivity contribution is 7.22. The van der Waals surface area contributed by atoms with E-state index in [9.17, 15) is 24.0 Å². The van der Waals surface area contributed by atoms with E-state index in [1.165, 1.54) is 11.3 Å². The molecule has 6 heterocycles. The smallest absolute Gasteiger partial charge is 0.358 e. The minimum Gasteiger partial charge on any atom is -0.493 e. The van der Waals surface area contributed by atoms with Crippen LogP contribution >= 0.6 is 11.3 Å². The summed E-state index contributed by atoms with van der Waals surface area (Å²) in [5.74, 6) is -0.278. The molecule has 0 bridgehead atoms. The Bertz CT molecular complexity index is 3270. The molecule has 7 aromatic rings. The van der Waals surface area contributed by atoms with Crippen LogP contribution in [0.2, 0.25) is 0 Å². The molecule has 10 rings (SSSR count). The number of anilines is 3. The molecule has 4 amide bonds. The van der Waals surface area contributed by atoms with Crippen LogP contribution in [0.4, 0.5) is 16.6 Å². The first-order valence-electron chi connectivity index (χ1n) is 25.0. The zero-order valence-corrected chi connectivity index (χ0v) is 42.6. The van der Waals surface area contributed by atoms with Gasteiger partial charge < -0.3 is 19.7 Å². The number of carbonyl (C=O) groups excluding carboxylic acids is 5. The number of nitrogens with zero attached hydrogens (tertiary/aromatic N) is 6. The van der Waals surface area contributed by atoms with Crippen molar-refractivity contribution in [3.8, 4) is 16.9 Å². The van der Waals surface area contributed by atoms with Gasteiger partial charge in [-0.2, -0.15) is 5.10 Å². The van der Waals surface area contributed by atoms with Crippen LogP contribution in [0.25, 0.3) is 32.2 Å². The zero-order chi connectivity index (χ0) is 51.0. The summed E-state index contributed by atoms with van der Waals surface area (Å²) in [6, 6.07) is 28.9. The van der Waals surface area contributed by atoms with Gasteiger partial charge in [0.05, 0.1) is 46.2 Å². The van der Waals surface area contributed by atoms with Crippen LogP contribution in [0, 0.1) is 12.8 Å². The predicted octanol–water partition coefficient (Wildman–Crippen LogP) is 8.96. The lowest BCUT2D eigenvalue weighted by molar-refractivity contribution is -0.134. The van der Waals surface area contributed by atoms with E-state index in [-0.39, 0.29) is 42.3 Å². The number of imide groups is 1. The Morgan fingerprint density at radius 3 is 2.52 bits per heavy atom. The number of ether oxygens (including phenoxy) is 2. The molecular formula is C56H59N9O7S. The predicted molar refractivity (Wildman–Crippen MR) is 282 cm³/mol. The van der Waals surface area contributed by atoms with Crippen molar-refractivity contribution in [2.75, 3.05) is 48.3 Å². The maximum atomic E-state index is 14.1. The topological polar surface area (TPSA) is 190 Å². The second-order valence-electron chi connectivity index (χ2n) is 20.2. The van der Waals surface area contributed by atoms with Crippen molar-refractivity contribution < 1.29 is 33.4 Å². The number of rotatable bonds is 14. The van der Waals surface area contributed by atoms with Gasteiger partial charge in [0.2, 0.25) is 17.7 Å². The number of pyridine rings is 1.